The van der Waals surface area contributed by atoms with Crippen LogP contribution in [0.25, 0.3) is 0 Å². The molecule has 0 aromatic carbocycles. The van der Waals surface area contributed by atoms with Gasteiger partial charge in [0.05, 0.1) is 12.2 Å². The van der Waals surface area contributed by atoms with E-state index in [4.69, 9.17) is 4.98 Å². The Kier molecular flexibility index (Phi) is 5.82. The van der Waals surface area contributed by atoms with Crippen LogP contribution in [-0.2, 0) is 11.3 Å². The van der Waals surface area contributed by atoms with Crippen LogP contribution < -0.4 is 4.90 Å². The highest BCUT2D eigenvalue weighted by molar-refractivity contribution is 7.13. The monoisotopic (exact) mass is 361 g/mol. The van der Waals surface area contributed by atoms with E-state index in [1.165, 1.54) is 18.4 Å². The minimum Gasteiger partial charge on any atom is -0.348 e. The zero-order valence-electron chi connectivity index (χ0n) is 15.9. The van der Waals surface area contributed by atoms with Crippen LogP contribution in [-0.4, -0.2) is 35.4 Å². The van der Waals surface area contributed by atoms with E-state index in [2.05, 4.69) is 37.1 Å². The van der Waals surface area contributed by atoms with E-state index in [0.717, 1.165) is 49.7 Å². The number of hydrogen-bond donors (Lipinski definition) is 0. The van der Waals surface area contributed by atoms with E-state index in [-0.39, 0.29) is 11.3 Å². The van der Waals surface area contributed by atoms with E-state index in [1.54, 1.807) is 11.3 Å². The molecule has 4 nitrogen and oxygen atoms in total. The lowest BCUT2D eigenvalue weighted by Crippen LogP contribution is -2.44. The summed E-state index contributed by atoms with van der Waals surface area (Å²) in [4.78, 5) is 21.6. The second-order valence-electron chi connectivity index (χ2n) is 8.20. The van der Waals surface area contributed by atoms with Crippen molar-refractivity contribution in [3.8, 4) is 0 Å². The molecule has 1 aromatic rings. The number of rotatable bonds is 6. The van der Waals surface area contributed by atoms with E-state index < -0.39 is 0 Å². The molecule has 0 radical (unpaired) electrons. The van der Waals surface area contributed by atoms with Crippen LogP contribution in [0.2, 0.25) is 0 Å². The lowest BCUT2D eigenvalue weighted by Gasteiger charge is -2.40. The third-order valence-electron chi connectivity index (χ3n) is 5.44. The summed E-state index contributed by atoms with van der Waals surface area (Å²) in [6.07, 6.45) is 8.79. The van der Waals surface area contributed by atoms with E-state index in [1.807, 2.05) is 4.90 Å². The molecular formula is C20H31N3OS. The second-order valence-corrected chi connectivity index (χ2v) is 9.03. The molecule has 2 fully saturated rings. The summed E-state index contributed by atoms with van der Waals surface area (Å²) in [6.45, 7) is 10.4. The predicted molar refractivity (Wildman–Crippen MR) is 105 cm³/mol. The van der Waals surface area contributed by atoms with Crippen molar-refractivity contribution in [1.29, 1.82) is 0 Å². The van der Waals surface area contributed by atoms with Crippen molar-refractivity contribution in [3.05, 3.63) is 22.7 Å². The van der Waals surface area contributed by atoms with Gasteiger partial charge in [-0.3, -0.25) is 4.79 Å². The molecule has 3 rings (SSSR count). The molecular weight excluding hydrogens is 330 g/mol. The van der Waals surface area contributed by atoms with Gasteiger partial charge in [0.2, 0.25) is 5.91 Å². The second kappa shape index (κ2) is 7.90. The third kappa shape index (κ3) is 4.84. The molecule has 25 heavy (non-hydrogen) atoms. The summed E-state index contributed by atoms with van der Waals surface area (Å²) in [6, 6.07) is 0. The topological polar surface area (TPSA) is 36.4 Å². The Morgan fingerprint density at radius 3 is 2.84 bits per heavy atom. The number of carbonyl (C=O) groups is 1. The zero-order valence-corrected chi connectivity index (χ0v) is 16.7. The van der Waals surface area contributed by atoms with Gasteiger partial charge in [0.15, 0.2) is 5.13 Å². The average Bonchev–Trinajstić information content (AvgIpc) is 3.22. The highest BCUT2D eigenvalue weighted by Crippen LogP contribution is 2.36. The van der Waals surface area contributed by atoms with Gasteiger partial charge in [-0.05, 0) is 51.4 Å². The standard InChI is InChI=1S/C20H31N3OS/c1-16(2)7-6-9-20(3)10-8-18(24)23(15-20)13-17-14-25-19(21-17)22-11-4-5-12-22/h7,14H,4-6,8-13,15H2,1-3H3. The van der Waals surface area contributed by atoms with E-state index in [0.29, 0.717) is 13.0 Å². The normalized spacial score (nSPS) is 24.0. The molecule has 138 valence electrons. The lowest BCUT2D eigenvalue weighted by molar-refractivity contribution is -0.138. The lowest BCUT2D eigenvalue weighted by atomic mass is 9.77. The van der Waals surface area contributed by atoms with Gasteiger partial charge >= 0.3 is 0 Å². The number of aromatic nitrogens is 1. The van der Waals surface area contributed by atoms with Crippen molar-refractivity contribution in [2.24, 2.45) is 5.41 Å². The summed E-state index contributed by atoms with van der Waals surface area (Å²) in [5, 5.41) is 3.26. The van der Waals surface area contributed by atoms with Crippen LogP contribution in [0.3, 0.4) is 0 Å². The number of thiazole rings is 1. The summed E-state index contributed by atoms with van der Waals surface area (Å²) < 4.78 is 0. The number of hydrogen-bond acceptors (Lipinski definition) is 4. The Labute approximate surface area is 155 Å². The molecule has 2 aliphatic rings. The number of anilines is 1. The molecule has 0 aliphatic carbocycles. The van der Waals surface area contributed by atoms with Gasteiger partial charge in [-0.15, -0.1) is 11.3 Å². The maximum atomic E-state index is 12.4. The SMILES string of the molecule is CC(C)=CCCC1(C)CCC(=O)N(Cc2csc(N3CCCC3)n2)C1. The molecule has 0 spiro atoms. The van der Waals surface area contributed by atoms with Gasteiger partial charge in [0, 0.05) is 31.4 Å². The van der Waals surface area contributed by atoms with Crippen molar-refractivity contribution in [2.75, 3.05) is 24.5 Å². The molecule has 2 saturated heterocycles. The average molecular weight is 362 g/mol. The van der Waals surface area contributed by atoms with Gasteiger partial charge in [-0.2, -0.15) is 0 Å². The van der Waals surface area contributed by atoms with Crippen molar-refractivity contribution in [2.45, 2.75) is 65.8 Å². The number of carbonyl (C=O) groups excluding carboxylic acids is 1. The number of likely N-dealkylation sites (tertiary alicyclic amines) is 1. The maximum absolute atomic E-state index is 12.4. The van der Waals surface area contributed by atoms with Gasteiger partial charge in [-0.1, -0.05) is 18.6 Å². The molecule has 5 heteroatoms. The Hall–Kier alpha value is -1.36. The highest BCUT2D eigenvalue weighted by atomic mass is 32.1. The van der Waals surface area contributed by atoms with Crippen molar-refractivity contribution in [3.63, 3.8) is 0 Å². The highest BCUT2D eigenvalue weighted by Gasteiger charge is 2.34. The first-order chi connectivity index (χ1) is 12.0. The summed E-state index contributed by atoms with van der Waals surface area (Å²) in [5.41, 5.74) is 2.66. The summed E-state index contributed by atoms with van der Waals surface area (Å²) in [7, 11) is 0. The molecule has 1 atom stereocenters. The van der Waals surface area contributed by atoms with E-state index >= 15 is 0 Å². The van der Waals surface area contributed by atoms with Gasteiger partial charge < -0.3 is 9.80 Å². The smallest absolute Gasteiger partial charge is 0.222 e. The van der Waals surface area contributed by atoms with Crippen LogP contribution in [0.4, 0.5) is 5.13 Å². The van der Waals surface area contributed by atoms with Gasteiger partial charge in [0.1, 0.15) is 0 Å². The fourth-order valence-electron chi connectivity index (χ4n) is 3.87. The number of nitrogens with zero attached hydrogens (tertiary/aromatic N) is 3. The predicted octanol–water partition coefficient (Wildman–Crippen LogP) is 4.62. The first-order valence-corrected chi connectivity index (χ1v) is 10.4. The van der Waals surface area contributed by atoms with Gasteiger partial charge in [-0.25, -0.2) is 4.98 Å². The van der Waals surface area contributed by atoms with Crippen LogP contribution in [0.1, 0.15) is 65.0 Å². The Balaban J connectivity index is 1.60. The molecule has 1 unspecified atom stereocenters. The van der Waals surface area contributed by atoms with Crippen molar-refractivity contribution < 1.29 is 4.79 Å². The number of allylic oxidation sites excluding steroid dienone is 2. The molecule has 1 aromatic heterocycles. The van der Waals surface area contributed by atoms with Crippen LogP contribution in [0, 0.1) is 5.41 Å². The first kappa shape index (κ1) is 18.4. The van der Waals surface area contributed by atoms with Crippen LogP contribution in [0.5, 0.6) is 0 Å². The molecule has 1 amide bonds. The third-order valence-corrected chi connectivity index (χ3v) is 6.39. The Morgan fingerprint density at radius 2 is 2.12 bits per heavy atom. The zero-order chi connectivity index (χ0) is 17.9. The molecule has 0 N–H and O–H groups in total. The fourth-order valence-corrected chi connectivity index (χ4v) is 4.74. The van der Waals surface area contributed by atoms with Crippen LogP contribution in [0.15, 0.2) is 17.0 Å². The number of piperidine rings is 1. The van der Waals surface area contributed by atoms with Crippen LogP contribution >= 0.6 is 11.3 Å². The largest absolute Gasteiger partial charge is 0.348 e. The van der Waals surface area contributed by atoms with Gasteiger partial charge in [0.25, 0.3) is 0 Å². The minimum atomic E-state index is 0.230. The molecule has 3 heterocycles. The summed E-state index contributed by atoms with van der Waals surface area (Å²) >= 11 is 1.72. The first-order valence-electron chi connectivity index (χ1n) is 9.56. The molecule has 0 saturated carbocycles. The Morgan fingerprint density at radius 1 is 1.36 bits per heavy atom. The van der Waals surface area contributed by atoms with E-state index in [9.17, 15) is 4.79 Å². The molecule has 0 bridgehead atoms. The molecule has 2 aliphatic heterocycles. The summed E-state index contributed by atoms with van der Waals surface area (Å²) in [5.74, 6) is 0.287. The minimum absolute atomic E-state index is 0.230. The number of amides is 1. The maximum Gasteiger partial charge on any atom is 0.222 e. The van der Waals surface area contributed by atoms with Crippen molar-refractivity contribution in [1.82, 2.24) is 9.88 Å². The Bertz CT molecular complexity index is 629. The van der Waals surface area contributed by atoms with Crippen molar-refractivity contribution >= 4 is 22.4 Å². The fraction of sp³-hybridized carbons (Fsp3) is 0.700. The quantitative estimate of drug-likeness (QED) is 0.694.